The lowest BCUT2D eigenvalue weighted by Crippen LogP contribution is -2.11. The molecule has 0 aliphatic carbocycles. The summed E-state index contributed by atoms with van der Waals surface area (Å²) in [5, 5.41) is 4.64. The molecule has 2 rings (SSSR count). The van der Waals surface area contributed by atoms with Gasteiger partial charge >= 0.3 is 0 Å². The molecule has 2 aromatic heterocycles. The second kappa shape index (κ2) is 4.67. The molecule has 0 radical (unpaired) electrons. The Kier molecular flexibility index (Phi) is 3.26. The monoisotopic (exact) mass is 250 g/mol. The number of nitrogens with one attached hydrogen (secondary N) is 1. The zero-order valence-electron chi connectivity index (χ0n) is 8.60. The van der Waals surface area contributed by atoms with Crippen molar-refractivity contribution in [3.8, 4) is 0 Å². The maximum atomic E-state index is 11.8. The van der Waals surface area contributed by atoms with Gasteiger partial charge in [0.1, 0.15) is 0 Å². The molecule has 2 aromatic rings. The van der Waals surface area contributed by atoms with Gasteiger partial charge in [0.25, 0.3) is 5.91 Å². The van der Waals surface area contributed by atoms with Crippen LogP contribution in [0.1, 0.15) is 15.4 Å². The number of thiol groups is 1. The van der Waals surface area contributed by atoms with Crippen LogP contribution >= 0.6 is 24.0 Å². The van der Waals surface area contributed by atoms with E-state index >= 15 is 0 Å². The van der Waals surface area contributed by atoms with Crippen LogP contribution in [-0.4, -0.2) is 10.9 Å². The fourth-order valence-corrected chi connectivity index (χ4v) is 2.29. The molecule has 1 N–H and O–H groups in total. The second-order valence-corrected chi connectivity index (χ2v) is 4.69. The minimum Gasteiger partial charge on any atom is -0.320 e. The summed E-state index contributed by atoms with van der Waals surface area (Å²) >= 11 is 5.54. The van der Waals surface area contributed by atoms with Gasteiger partial charge in [0.2, 0.25) is 0 Å². The Balaban J connectivity index is 2.17. The maximum Gasteiger partial charge on any atom is 0.265 e. The molecule has 0 spiro atoms. The summed E-state index contributed by atoms with van der Waals surface area (Å²) in [6.45, 7) is 1.86. The van der Waals surface area contributed by atoms with E-state index in [1.54, 1.807) is 18.3 Å². The highest BCUT2D eigenvalue weighted by molar-refractivity contribution is 7.80. The molecule has 0 saturated heterocycles. The van der Waals surface area contributed by atoms with Crippen LogP contribution in [0.3, 0.4) is 0 Å². The van der Waals surface area contributed by atoms with Gasteiger partial charge in [-0.3, -0.25) is 9.78 Å². The molecular formula is C11H10N2OS2. The Morgan fingerprint density at radius 2 is 2.38 bits per heavy atom. The van der Waals surface area contributed by atoms with Gasteiger partial charge in [-0.15, -0.1) is 24.0 Å². The Bertz CT molecular complexity index is 522. The Hall–Kier alpha value is -1.33. The molecule has 0 saturated carbocycles. The van der Waals surface area contributed by atoms with Crippen LogP contribution in [0.4, 0.5) is 5.69 Å². The highest BCUT2D eigenvalue weighted by Gasteiger charge is 2.09. The smallest absolute Gasteiger partial charge is 0.265 e. The molecule has 0 atom stereocenters. The lowest BCUT2D eigenvalue weighted by atomic mass is 10.3. The molecule has 3 nitrogen and oxygen atoms in total. The van der Waals surface area contributed by atoms with Gasteiger partial charge in [-0.1, -0.05) is 0 Å². The summed E-state index contributed by atoms with van der Waals surface area (Å²) in [5.41, 5.74) is 1.54. The molecule has 0 aliphatic rings. The predicted molar refractivity (Wildman–Crippen MR) is 68.5 cm³/mol. The van der Waals surface area contributed by atoms with Crippen molar-refractivity contribution in [3.05, 3.63) is 40.3 Å². The van der Waals surface area contributed by atoms with E-state index in [0.717, 1.165) is 16.3 Å². The molecule has 0 aliphatic heterocycles. The fraction of sp³-hybridized carbons (Fsp3) is 0.0909. The summed E-state index contributed by atoms with van der Waals surface area (Å²) < 4.78 is 0. The molecule has 0 fully saturated rings. The first-order valence-electron chi connectivity index (χ1n) is 4.67. The van der Waals surface area contributed by atoms with E-state index in [0.29, 0.717) is 4.88 Å². The number of anilines is 1. The topological polar surface area (TPSA) is 42.0 Å². The van der Waals surface area contributed by atoms with Crippen LogP contribution in [-0.2, 0) is 0 Å². The standard InChI is InChI=1S/C11H10N2OS2/c1-7-9(3-2-4-12-7)13-11(14)10-5-8(15)6-16-10/h2-6,15H,1H3,(H,13,14). The third-order valence-electron chi connectivity index (χ3n) is 2.06. The van der Waals surface area contributed by atoms with Crippen LogP contribution in [0, 0.1) is 6.92 Å². The molecule has 5 heteroatoms. The molecule has 1 amide bonds. The van der Waals surface area contributed by atoms with E-state index in [1.165, 1.54) is 11.3 Å². The summed E-state index contributed by atoms with van der Waals surface area (Å²) in [7, 11) is 0. The van der Waals surface area contributed by atoms with Gasteiger partial charge in [0.05, 0.1) is 16.3 Å². The number of thiophene rings is 1. The van der Waals surface area contributed by atoms with Crippen molar-refractivity contribution in [3.63, 3.8) is 0 Å². The van der Waals surface area contributed by atoms with E-state index in [9.17, 15) is 4.79 Å². The van der Waals surface area contributed by atoms with Gasteiger partial charge < -0.3 is 5.32 Å². The van der Waals surface area contributed by atoms with Gasteiger partial charge in [0, 0.05) is 16.5 Å². The summed E-state index contributed by atoms with van der Waals surface area (Å²) in [6.07, 6.45) is 1.70. The lowest BCUT2D eigenvalue weighted by Gasteiger charge is -2.05. The number of rotatable bonds is 2. The van der Waals surface area contributed by atoms with Crippen molar-refractivity contribution in [2.45, 2.75) is 11.8 Å². The van der Waals surface area contributed by atoms with Gasteiger partial charge in [-0.2, -0.15) is 0 Å². The van der Waals surface area contributed by atoms with Crippen LogP contribution < -0.4 is 5.32 Å². The predicted octanol–water partition coefficient (Wildman–Crippen LogP) is 2.99. The number of pyridine rings is 1. The SMILES string of the molecule is Cc1ncccc1NC(=O)c1cc(S)cs1. The number of carbonyl (C=O) groups excluding carboxylic acids is 1. The van der Waals surface area contributed by atoms with Crippen molar-refractivity contribution in [1.29, 1.82) is 0 Å². The number of carbonyl (C=O) groups is 1. The molecular weight excluding hydrogens is 240 g/mol. The van der Waals surface area contributed by atoms with Crippen molar-refractivity contribution in [2.24, 2.45) is 0 Å². The zero-order chi connectivity index (χ0) is 11.5. The van der Waals surface area contributed by atoms with E-state index in [2.05, 4.69) is 22.9 Å². The average molecular weight is 250 g/mol. The highest BCUT2D eigenvalue weighted by atomic mass is 32.1. The van der Waals surface area contributed by atoms with E-state index in [1.807, 2.05) is 18.4 Å². The van der Waals surface area contributed by atoms with Crippen molar-refractivity contribution >= 4 is 35.6 Å². The Morgan fingerprint density at radius 1 is 1.56 bits per heavy atom. The number of nitrogens with zero attached hydrogens (tertiary/aromatic N) is 1. The third-order valence-corrected chi connectivity index (χ3v) is 3.43. The highest BCUT2D eigenvalue weighted by Crippen LogP contribution is 2.19. The quantitative estimate of drug-likeness (QED) is 0.805. The molecule has 0 unspecified atom stereocenters. The minimum absolute atomic E-state index is 0.124. The molecule has 82 valence electrons. The van der Waals surface area contributed by atoms with Crippen molar-refractivity contribution < 1.29 is 4.79 Å². The lowest BCUT2D eigenvalue weighted by molar-refractivity contribution is 0.103. The largest absolute Gasteiger partial charge is 0.320 e. The minimum atomic E-state index is -0.124. The number of aromatic nitrogens is 1. The normalized spacial score (nSPS) is 10.1. The van der Waals surface area contributed by atoms with Gasteiger partial charge in [-0.25, -0.2) is 0 Å². The van der Waals surface area contributed by atoms with E-state index in [-0.39, 0.29) is 5.91 Å². The summed E-state index contributed by atoms with van der Waals surface area (Å²) in [4.78, 5) is 17.4. The Morgan fingerprint density at radius 3 is 3.00 bits per heavy atom. The Labute approximate surface area is 103 Å². The van der Waals surface area contributed by atoms with Crippen LogP contribution in [0.2, 0.25) is 0 Å². The maximum absolute atomic E-state index is 11.8. The third kappa shape index (κ3) is 2.43. The molecule has 0 bridgehead atoms. The zero-order valence-corrected chi connectivity index (χ0v) is 10.3. The first kappa shape index (κ1) is 11.2. The summed E-state index contributed by atoms with van der Waals surface area (Å²) in [6, 6.07) is 5.37. The van der Waals surface area contributed by atoms with Crippen molar-refractivity contribution in [1.82, 2.24) is 4.98 Å². The number of hydrogen-bond acceptors (Lipinski definition) is 4. The fourth-order valence-electron chi connectivity index (χ4n) is 1.25. The second-order valence-electron chi connectivity index (χ2n) is 3.26. The number of amides is 1. The molecule has 16 heavy (non-hydrogen) atoms. The van der Waals surface area contributed by atoms with Crippen LogP contribution in [0.25, 0.3) is 0 Å². The number of hydrogen-bond donors (Lipinski definition) is 2. The first-order valence-corrected chi connectivity index (χ1v) is 6.00. The van der Waals surface area contributed by atoms with E-state index in [4.69, 9.17) is 0 Å². The molecule has 0 aromatic carbocycles. The van der Waals surface area contributed by atoms with Crippen LogP contribution in [0.5, 0.6) is 0 Å². The average Bonchev–Trinajstić information content (AvgIpc) is 2.68. The van der Waals surface area contributed by atoms with Gasteiger partial charge in [-0.05, 0) is 25.1 Å². The van der Waals surface area contributed by atoms with E-state index < -0.39 is 0 Å². The van der Waals surface area contributed by atoms with Crippen molar-refractivity contribution in [2.75, 3.05) is 5.32 Å². The summed E-state index contributed by atoms with van der Waals surface area (Å²) in [5.74, 6) is -0.124. The van der Waals surface area contributed by atoms with Crippen LogP contribution in [0.15, 0.2) is 34.7 Å². The van der Waals surface area contributed by atoms with Gasteiger partial charge in [0.15, 0.2) is 0 Å². The first-order chi connectivity index (χ1) is 7.66. The molecule has 2 heterocycles. The number of aryl methyl sites for hydroxylation is 1.